The first-order chi connectivity index (χ1) is 9.09. The fraction of sp³-hybridized carbons (Fsp3) is 0.0667. The van der Waals surface area contributed by atoms with Crippen LogP contribution >= 0.6 is 0 Å². The van der Waals surface area contributed by atoms with E-state index in [0.29, 0.717) is 11.0 Å². The van der Waals surface area contributed by atoms with Gasteiger partial charge in [0.2, 0.25) is 0 Å². The number of carbonyl (C=O) groups excluding carboxylic acids is 1. The van der Waals surface area contributed by atoms with Gasteiger partial charge in [-0.25, -0.2) is 4.79 Å². The predicted molar refractivity (Wildman–Crippen MR) is 71.7 cm³/mol. The molecule has 1 N–H and O–H groups in total. The van der Waals surface area contributed by atoms with E-state index in [1.807, 2.05) is 18.2 Å². The second-order valence-corrected chi connectivity index (χ2v) is 4.33. The minimum Gasteiger partial charge on any atom is -0.506 e. The molecule has 0 saturated heterocycles. The van der Waals surface area contributed by atoms with Crippen LogP contribution in [0.15, 0.2) is 45.6 Å². The molecular formula is C15H10O4. The largest absolute Gasteiger partial charge is 0.506 e. The first kappa shape index (κ1) is 11.5. The van der Waals surface area contributed by atoms with E-state index in [0.717, 1.165) is 10.8 Å². The van der Waals surface area contributed by atoms with Crippen molar-refractivity contribution in [2.75, 3.05) is 0 Å². The average Bonchev–Trinajstić information content (AvgIpc) is 2.38. The highest BCUT2D eigenvalue weighted by atomic mass is 16.4. The maximum absolute atomic E-state index is 11.8. The van der Waals surface area contributed by atoms with Crippen LogP contribution in [0, 0.1) is 0 Å². The van der Waals surface area contributed by atoms with Crippen LogP contribution in [0.4, 0.5) is 0 Å². The van der Waals surface area contributed by atoms with Crippen molar-refractivity contribution in [2.24, 2.45) is 0 Å². The van der Waals surface area contributed by atoms with Gasteiger partial charge in [-0.15, -0.1) is 0 Å². The lowest BCUT2D eigenvalue weighted by atomic mass is 10.0. The zero-order chi connectivity index (χ0) is 13.6. The van der Waals surface area contributed by atoms with E-state index in [4.69, 9.17) is 4.42 Å². The Hall–Kier alpha value is -2.62. The van der Waals surface area contributed by atoms with Gasteiger partial charge in [-0.3, -0.25) is 4.79 Å². The maximum Gasteiger partial charge on any atom is 0.351 e. The van der Waals surface area contributed by atoms with E-state index in [-0.39, 0.29) is 11.3 Å². The molecular weight excluding hydrogens is 244 g/mol. The summed E-state index contributed by atoms with van der Waals surface area (Å²) in [5.41, 5.74) is -0.817. The van der Waals surface area contributed by atoms with Crippen molar-refractivity contribution in [3.05, 3.63) is 52.4 Å². The van der Waals surface area contributed by atoms with Crippen molar-refractivity contribution >= 4 is 27.5 Å². The standard InChI is InChI=1S/C15H10O4/c1-8(16)12-13(17)11-7-6-9-4-2-3-5-10(9)14(11)19-15(12)18/h2-7,17H,1H3. The molecule has 0 saturated carbocycles. The van der Waals surface area contributed by atoms with Crippen LogP contribution in [-0.2, 0) is 0 Å². The minimum absolute atomic E-state index is 0.297. The summed E-state index contributed by atoms with van der Waals surface area (Å²) < 4.78 is 5.21. The summed E-state index contributed by atoms with van der Waals surface area (Å²) >= 11 is 0. The summed E-state index contributed by atoms with van der Waals surface area (Å²) in [7, 11) is 0. The van der Waals surface area contributed by atoms with Crippen molar-refractivity contribution in [2.45, 2.75) is 6.92 Å². The van der Waals surface area contributed by atoms with E-state index in [2.05, 4.69) is 0 Å². The smallest absolute Gasteiger partial charge is 0.351 e. The van der Waals surface area contributed by atoms with Crippen LogP contribution < -0.4 is 5.63 Å². The van der Waals surface area contributed by atoms with Gasteiger partial charge in [-0.2, -0.15) is 0 Å². The Kier molecular flexibility index (Phi) is 2.38. The summed E-state index contributed by atoms with van der Waals surface area (Å²) in [6, 6.07) is 10.8. The molecule has 0 fully saturated rings. The number of ketones is 1. The number of Topliss-reactive ketones (excluding diaryl/α,β-unsaturated/α-hetero) is 1. The van der Waals surface area contributed by atoms with Gasteiger partial charge in [0.25, 0.3) is 0 Å². The van der Waals surface area contributed by atoms with E-state index >= 15 is 0 Å². The summed E-state index contributed by atoms with van der Waals surface area (Å²) in [6.45, 7) is 1.22. The molecule has 0 aliphatic rings. The molecule has 1 heterocycles. The lowest BCUT2D eigenvalue weighted by Gasteiger charge is -2.06. The lowest BCUT2D eigenvalue weighted by molar-refractivity contribution is 0.101. The molecule has 0 unspecified atom stereocenters. The first-order valence-corrected chi connectivity index (χ1v) is 5.78. The highest BCUT2D eigenvalue weighted by Crippen LogP contribution is 2.31. The SMILES string of the molecule is CC(=O)c1c(O)c2ccc3ccccc3c2oc1=O. The second kappa shape index (κ2) is 3.95. The van der Waals surface area contributed by atoms with Gasteiger partial charge >= 0.3 is 5.63 Å². The van der Waals surface area contributed by atoms with Gasteiger partial charge in [0.15, 0.2) is 5.78 Å². The fourth-order valence-electron chi connectivity index (χ4n) is 2.22. The van der Waals surface area contributed by atoms with Crippen molar-refractivity contribution in [3.8, 4) is 5.75 Å². The van der Waals surface area contributed by atoms with Crippen molar-refractivity contribution in [1.29, 1.82) is 0 Å². The number of hydrogen-bond acceptors (Lipinski definition) is 4. The quantitative estimate of drug-likeness (QED) is 0.412. The Morgan fingerprint density at radius 1 is 1.11 bits per heavy atom. The third-order valence-corrected chi connectivity index (χ3v) is 3.12. The summed E-state index contributed by atoms with van der Waals surface area (Å²) in [4.78, 5) is 23.2. The topological polar surface area (TPSA) is 67.5 Å². The summed E-state index contributed by atoms with van der Waals surface area (Å²) in [5.74, 6) is -0.828. The van der Waals surface area contributed by atoms with Crippen LogP contribution in [0.1, 0.15) is 17.3 Å². The van der Waals surface area contributed by atoms with E-state index in [1.54, 1.807) is 18.2 Å². The zero-order valence-electron chi connectivity index (χ0n) is 10.1. The Labute approximate surface area is 107 Å². The number of carbonyl (C=O) groups is 1. The summed E-state index contributed by atoms with van der Waals surface area (Å²) in [6.07, 6.45) is 0. The van der Waals surface area contributed by atoms with Gasteiger partial charge in [0, 0.05) is 5.39 Å². The number of hydrogen-bond donors (Lipinski definition) is 1. The molecule has 0 aliphatic carbocycles. The van der Waals surface area contributed by atoms with Gasteiger partial charge in [0.1, 0.15) is 16.9 Å². The Morgan fingerprint density at radius 2 is 1.84 bits per heavy atom. The van der Waals surface area contributed by atoms with Crippen molar-refractivity contribution in [1.82, 2.24) is 0 Å². The maximum atomic E-state index is 11.8. The highest BCUT2D eigenvalue weighted by Gasteiger charge is 2.18. The van der Waals surface area contributed by atoms with E-state index in [9.17, 15) is 14.7 Å². The van der Waals surface area contributed by atoms with Crippen molar-refractivity contribution in [3.63, 3.8) is 0 Å². The van der Waals surface area contributed by atoms with Gasteiger partial charge in [-0.1, -0.05) is 30.3 Å². The zero-order valence-corrected chi connectivity index (χ0v) is 10.1. The number of benzene rings is 2. The number of fused-ring (bicyclic) bond motifs is 3. The molecule has 4 nitrogen and oxygen atoms in total. The fourth-order valence-corrected chi connectivity index (χ4v) is 2.22. The molecule has 1 aromatic heterocycles. The monoisotopic (exact) mass is 254 g/mol. The highest BCUT2D eigenvalue weighted by molar-refractivity contribution is 6.09. The van der Waals surface area contributed by atoms with Gasteiger partial charge in [0.05, 0.1) is 5.39 Å². The van der Waals surface area contributed by atoms with Gasteiger partial charge in [-0.05, 0) is 18.4 Å². The number of aromatic hydroxyl groups is 1. The Balaban J connectivity index is 2.57. The van der Waals surface area contributed by atoms with Crippen LogP contribution in [0.2, 0.25) is 0 Å². The molecule has 3 rings (SSSR count). The minimum atomic E-state index is -0.811. The summed E-state index contributed by atoms with van der Waals surface area (Å²) in [5, 5.41) is 12.1. The third kappa shape index (κ3) is 1.61. The van der Waals surface area contributed by atoms with Gasteiger partial charge < -0.3 is 9.52 Å². The Bertz CT molecular complexity index is 874. The molecule has 3 aromatic rings. The predicted octanol–water partition coefficient (Wildman–Crippen LogP) is 2.85. The molecule has 0 bridgehead atoms. The Morgan fingerprint density at radius 3 is 2.58 bits per heavy atom. The third-order valence-electron chi connectivity index (χ3n) is 3.12. The lowest BCUT2D eigenvalue weighted by Crippen LogP contribution is -2.11. The second-order valence-electron chi connectivity index (χ2n) is 4.33. The number of rotatable bonds is 1. The molecule has 94 valence electrons. The van der Waals surface area contributed by atoms with Crippen LogP contribution in [0.25, 0.3) is 21.7 Å². The van der Waals surface area contributed by atoms with Crippen LogP contribution in [-0.4, -0.2) is 10.9 Å². The molecule has 19 heavy (non-hydrogen) atoms. The van der Waals surface area contributed by atoms with E-state index in [1.165, 1.54) is 6.92 Å². The molecule has 0 atom stereocenters. The molecule has 4 heteroatoms. The normalized spacial score (nSPS) is 11.0. The van der Waals surface area contributed by atoms with Crippen LogP contribution in [0.5, 0.6) is 5.75 Å². The molecule has 0 amide bonds. The molecule has 0 radical (unpaired) electrons. The molecule has 0 aliphatic heterocycles. The first-order valence-electron chi connectivity index (χ1n) is 5.78. The molecule has 0 spiro atoms. The average molecular weight is 254 g/mol. The van der Waals surface area contributed by atoms with Crippen LogP contribution in [0.3, 0.4) is 0 Å². The molecule has 2 aromatic carbocycles. The van der Waals surface area contributed by atoms with E-state index < -0.39 is 11.4 Å². The van der Waals surface area contributed by atoms with Crippen molar-refractivity contribution < 1.29 is 14.3 Å².